The van der Waals surface area contributed by atoms with E-state index < -0.39 is 0 Å². The van der Waals surface area contributed by atoms with E-state index in [1.165, 1.54) is 4.88 Å². The fourth-order valence-electron chi connectivity index (χ4n) is 1.12. The summed E-state index contributed by atoms with van der Waals surface area (Å²) in [5.74, 6) is 0.923. The van der Waals surface area contributed by atoms with E-state index in [1.54, 1.807) is 18.4 Å². The summed E-state index contributed by atoms with van der Waals surface area (Å²) in [6, 6.07) is 4.32. The van der Waals surface area contributed by atoms with Crippen LogP contribution in [0.25, 0.3) is 0 Å². The minimum absolute atomic E-state index is 0.229. The van der Waals surface area contributed by atoms with Crippen LogP contribution >= 0.6 is 11.3 Å². The van der Waals surface area contributed by atoms with Crippen molar-refractivity contribution < 1.29 is 4.74 Å². The lowest BCUT2D eigenvalue weighted by molar-refractivity contribution is 0.409. The quantitative estimate of drug-likeness (QED) is 0.810. The van der Waals surface area contributed by atoms with Crippen LogP contribution in [0.5, 0.6) is 5.75 Å². The Morgan fingerprint density at radius 3 is 3.14 bits per heavy atom. The number of hydrogen-bond acceptors (Lipinski definition) is 4. The first-order valence-corrected chi connectivity index (χ1v) is 5.36. The van der Waals surface area contributed by atoms with Gasteiger partial charge in [0.05, 0.1) is 24.5 Å². The molecule has 1 rings (SSSR count). The highest BCUT2D eigenvalue weighted by molar-refractivity contribution is 7.10. The number of nitrogens with one attached hydrogen (secondary N) is 1. The molecule has 1 aromatic rings. The number of thiophene rings is 1. The molecule has 14 heavy (non-hydrogen) atoms. The van der Waals surface area contributed by atoms with Crippen LogP contribution in [0.3, 0.4) is 0 Å². The molecule has 0 saturated heterocycles. The van der Waals surface area contributed by atoms with Gasteiger partial charge in [-0.25, -0.2) is 0 Å². The summed E-state index contributed by atoms with van der Waals surface area (Å²) >= 11 is 1.66. The third-order valence-corrected chi connectivity index (χ3v) is 2.84. The number of rotatable bonds is 5. The summed E-state index contributed by atoms with van der Waals surface area (Å²) in [5, 5.41) is 13.8. The lowest BCUT2D eigenvalue weighted by Gasteiger charge is -2.09. The highest BCUT2D eigenvalue weighted by Crippen LogP contribution is 2.23. The number of methoxy groups -OCH3 is 1. The molecular weight excluding hydrogens is 196 g/mol. The molecule has 0 aromatic carbocycles. The van der Waals surface area contributed by atoms with Gasteiger partial charge in [0.2, 0.25) is 0 Å². The molecule has 0 bridgehead atoms. The topological polar surface area (TPSA) is 45.0 Å². The summed E-state index contributed by atoms with van der Waals surface area (Å²) in [7, 11) is 1.67. The van der Waals surface area contributed by atoms with Gasteiger partial charge in [-0.1, -0.05) is 0 Å². The van der Waals surface area contributed by atoms with Crippen LogP contribution in [-0.4, -0.2) is 13.2 Å². The van der Waals surface area contributed by atoms with Crippen molar-refractivity contribution in [2.75, 3.05) is 7.11 Å². The average molecular weight is 210 g/mol. The maximum absolute atomic E-state index is 8.48. The van der Waals surface area contributed by atoms with Gasteiger partial charge in [0, 0.05) is 12.6 Å². The second kappa shape index (κ2) is 5.63. The Bertz CT molecular complexity index is 316. The second-order valence-corrected chi connectivity index (χ2v) is 4.06. The van der Waals surface area contributed by atoms with Crippen LogP contribution < -0.4 is 10.1 Å². The van der Waals surface area contributed by atoms with Gasteiger partial charge in [-0.2, -0.15) is 5.26 Å². The molecule has 3 nitrogen and oxygen atoms in total. The lowest BCUT2D eigenvalue weighted by Crippen LogP contribution is -2.24. The summed E-state index contributed by atoms with van der Waals surface area (Å²) < 4.78 is 5.18. The Morgan fingerprint density at radius 1 is 1.71 bits per heavy atom. The largest absolute Gasteiger partial charge is 0.496 e. The van der Waals surface area contributed by atoms with E-state index in [1.807, 2.05) is 18.4 Å². The molecule has 0 spiro atoms. The Hall–Kier alpha value is -1.05. The Labute approximate surface area is 88.3 Å². The molecular formula is C10H14N2OS. The molecule has 1 aromatic heterocycles. The van der Waals surface area contributed by atoms with Gasteiger partial charge in [0.15, 0.2) is 0 Å². The van der Waals surface area contributed by atoms with Crippen molar-refractivity contribution in [2.45, 2.75) is 25.9 Å². The zero-order chi connectivity index (χ0) is 10.4. The van der Waals surface area contributed by atoms with Gasteiger partial charge in [-0.15, -0.1) is 11.3 Å². The third kappa shape index (κ3) is 3.02. The van der Waals surface area contributed by atoms with E-state index in [2.05, 4.69) is 11.4 Å². The van der Waals surface area contributed by atoms with E-state index in [0.717, 1.165) is 12.3 Å². The highest BCUT2D eigenvalue weighted by atomic mass is 32.1. The molecule has 0 aliphatic carbocycles. The summed E-state index contributed by atoms with van der Waals surface area (Å²) in [6.07, 6.45) is 0.535. The lowest BCUT2D eigenvalue weighted by atomic mass is 10.2. The van der Waals surface area contributed by atoms with Crippen molar-refractivity contribution in [3.63, 3.8) is 0 Å². The molecule has 0 saturated carbocycles. The monoisotopic (exact) mass is 210 g/mol. The summed E-state index contributed by atoms with van der Waals surface area (Å²) in [5.41, 5.74) is 0. The third-order valence-electron chi connectivity index (χ3n) is 1.93. The number of hydrogen-bond donors (Lipinski definition) is 1. The molecule has 1 unspecified atom stereocenters. The maximum Gasteiger partial charge on any atom is 0.134 e. The van der Waals surface area contributed by atoms with E-state index >= 15 is 0 Å². The Morgan fingerprint density at radius 2 is 2.50 bits per heavy atom. The molecule has 0 radical (unpaired) electrons. The number of nitriles is 1. The highest BCUT2D eigenvalue weighted by Gasteiger charge is 2.05. The van der Waals surface area contributed by atoms with Crippen LogP contribution in [-0.2, 0) is 6.54 Å². The minimum atomic E-state index is 0.229. The molecule has 1 heterocycles. The first kappa shape index (κ1) is 11.0. The van der Waals surface area contributed by atoms with Crippen molar-refractivity contribution in [3.05, 3.63) is 16.3 Å². The van der Waals surface area contributed by atoms with E-state index in [9.17, 15) is 0 Å². The SMILES string of the molecule is COc1ccsc1CNC(C)CC#N. The van der Waals surface area contributed by atoms with Crippen molar-refractivity contribution in [3.8, 4) is 11.8 Å². The molecule has 1 atom stereocenters. The first-order chi connectivity index (χ1) is 6.77. The van der Waals surface area contributed by atoms with E-state index in [0.29, 0.717) is 6.42 Å². The van der Waals surface area contributed by atoms with Gasteiger partial charge in [-0.05, 0) is 18.4 Å². The molecule has 0 aliphatic rings. The smallest absolute Gasteiger partial charge is 0.134 e. The Balaban J connectivity index is 2.42. The van der Waals surface area contributed by atoms with Crippen LogP contribution in [0.4, 0.5) is 0 Å². The van der Waals surface area contributed by atoms with E-state index in [4.69, 9.17) is 10.00 Å². The zero-order valence-electron chi connectivity index (χ0n) is 8.41. The van der Waals surface area contributed by atoms with Gasteiger partial charge in [0.25, 0.3) is 0 Å². The number of ether oxygens (including phenoxy) is 1. The van der Waals surface area contributed by atoms with Gasteiger partial charge < -0.3 is 10.1 Å². The number of nitrogens with zero attached hydrogens (tertiary/aromatic N) is 1. The molecule has 1 N–H and O–H groups in total. The predicted molar refractivity (Wildman–Crippen MR) is 57.4 cm³/mol. The second-order valence-electron chi connectivity index (χ2n) is 3.06. The van der Waals surface area contributed by atoms with E-state index in [-0.39, 0.29) is 6.04 Å². The predicted octanol–water partition coefficient (Wildman–Crippen LogP) is 2.15. The van der Waals surface area contributed by atoms with Crippen LogP contribution in [0.1, 0.15) is 18.2 Å². The van der Waals surface area contributed by atoms with Crippen LogP contribution in [0.15, 0.2) is 11.4 Å². The normalized spacial score (nSPS) is 12.1. The van der Waals surface area contributed by atoms with Crippen LogP contribution in [0, 0.1) is 11.3 Å². The summed E-state index contributed by atoms with van der Waals surface area (Å²) in [6.45, 7) is 2.77. The van der Waals surface area contributed by atoms with Crippen molar-refractivity contribution in [1.29, 1.82) is 5.26 Å². The van der Waals surface area contributed by atoms with Crippen LogP contribution in [0.2, 0.25) is 0 Å². The standard InChI is InChI=1S/C10H14N2OS/c1-8(3-5-11)12-7-10-9(13-2)4-6-14-10/h4,6,8,12H,3,7H2,1-2H3. The molecule has 0 aliphatic heterocycles. The molecule has 4 heteroatoms. The van der Waals surface area contributed by atoms with Crippen molar-refractivity contribution in [2.24, 2.45) is 0 Å². The summed E-state index contributed by atoms with van der Waals surface area (Å²) in [4.78, 5) is 1.18. The molecule has 0 fully saturated rings. The van der Waals surface area contributed by atoms with Crippen molar-refractivity contribution >= 4 is 11.3 Å². The van der Waals surface area contributed by atoms with Crippen molar-refractivity contribution in [1.82, 2.24) is 5.32 Å². The minimum Gasteiger partial charge on any atom is -0.496 e. The fraction of sp³-hybridized carbons (Fsp3) is 0.500. The zero-order valence-corrected chi connectivity index (χ0v) is 9.23. The van der Waals surface area contributed by atoms with Gasteiger partial charge >= 0.3 is 0 Å². The fourth-order valence-corrected chi connectivity index (χ4v) is 1.91. The molecule has 0 amide bonds. The average Bonchev–Trinajstić information content (AvgIpc) is 2.62. The first-order valence-electron chi connectivity index (χ1n) is 4.48. The van der Waals surface area contributed by atoms with Gasteiger partial charge in [-0.3, -0.25) is 0 Å². The maximum atomic E-state index is 8.48. The molecule has 76 valence electrons. The Kier molecular flexibility index (Phi) is 4.44. The van der Waals surface area contributed by atoms with Gasteiger partial charge in [0.1, 0.15) is 5.75 Å².